The highest BCUT2D eigenvalue weighted by Gasteiger charge is 2.29. The highest BCUT2D eigenvalue weighted by atomic mass is 16.2. The van der Waals surface area contributed by atoms with Crippen LogP contribution in [0, 0.1) is 0 Å². The molecule has 2 atom stereocenters. The Kier molecular flexibility index (Phi) is 4.51. The van der Waals surface area contributed by atoms with E-state index in [0.717, 1.165) is 19.3 Å². The van der Waals surface area contributed by atoms with Gasteiger partial charge in [0, 0.05) is 18.0 Å². The zero-order valence-corrected chi connectivity index (χ0v) is 10.9. The first-order chi connectivity index (χ1) is 7.80. The number of piperidine rings is 1. The zero-order valence-electron chi connectivity index (χ0n) is 10.9. The second-order valence-electron chi connectivity index (χ2n) is 5.57. The fraction of sp³-hybridized carbons (Fsp3) is 0.833. The monoisotopic (exact) mass is 241 g/mol. The van der Waals surface area contributed by atoms with Crippen molar-refractivity contribution in [1.82, 2.24) is 10.6 Å². The maximum atomic E-state index is 12.0. The van der Waals surface area contributed by atoms with Gasteiger partial charge in [-0.05, 0) is 40.0 Å². The van der Waals surface area contributed by atoms with Gasteiger partial charge in [-0.2, -0.15) is 0 Å². The maximum Gasteiger partial charge on any atom is 0.237 e. The van der Waals surface area contributed by atoms with E-state index in [1.54, 1.807) is 0 Å². The summed E-state index contributed by atoms with van der Waals surface area (Å²) < 4.78 is 0. The van der Waals surface area contributed by atoms with Crippen LogP contribution < -0.4 is 16.4 Å². The van der Waals surface area contributed by atoms with Gasteiger partial charge in [-0.1, -0.05) is 0 Å². The molecular formula is C12H23N3O2. The van der Waals surface area contributed by atoms with Crippen molar-refractivity contribution in [2.75, 3.05) is 0 Å². The highest BCUT2D eigenvalue weighted by molar-refractivity contribution is 5.83. The van der Waals surface area contributed by atoms with Crippen molar-refractivity contribution in [3.05, 3.63) is 0 Å². The van der Waals surface area contributed by atoms with Crippen molar-refractivity contribution in [2.45, 2.75) is 64.1 Å². The van der Waals surface area contributed by atoms with E-state index in [1.165, 1.54) is 0 Å². The molecule has 17 heavy (non-hydrogen) atoms. The van der Waals surface area contributed by atoms with Gasteiger partial charge >= 0.3 is 0 Å². The standard InChI is InChI=1S/C12H23N3O2/c1-8-5-4-6-9(14-8)11(17)15-12(2,3)7-10(13)16/h8-9,14H,4-7H2,1-3H3,(H2,13,16)(H,15,17). The molecule has 0 aliphatic carbocycles. The summed E-state index contributed by atoms with van der Waals surface area (Å²) in [4.78, 5) is 22.9. The number of amides is 2. The van der Waals surface area contributed by atoms with Crippen LogP contribution in [0.3, 0.4) is 0 Å². The lowest BCUT2D eigenvalue weighted by molar-refractivity contribution is -0.126. The third-order valence-electron chi connectivity index (χ3n) is 3.01. The topological polar surface area (TPSA) is 84.2 Å². The lowest BCUT2D eigenvalue weighted by Gasteiger charge is -2.32. The van der Waals surface area contributed by atoms with Gasteiger partial charge in [0.15, 0.2) is 0 Å². The number of nitrogens with two attached hydrogens (primary N) is 1. The lowest BCUT2D eigenvalue weighted by Crippen LogP contribution is -2.55. The molecule has 0 saturated carbocycles. The SMILES string of the molecule is CC1CCCC(C(=O)NC(C)(C)CC(N)=O)N1. The predicted octanol–water partition coefficient (Wildman–Crippen LogP) is 0.287. The van der Waals surface area contributed by atoms with E-state index in [4.69, 9.17) is 5.73 Å². The second kappa shape index (κ2) is 5.49. The van der Waals surface area contributed by atoms with Crippen LogP contribution in [-0.2, 0) is 9.59 Å². The largest absolute Gasteiger partial charge is 0.370 e. The smallest absolute Gasteiger partial charge is 0.237 e. The predicted molar refractivity (Wildman–Crippen MR) is 66.3 cm³/mol. The van der Waals surface area contributed by atoms with Gasteiger partial charge in [-0.3, -0.25) is 9.59 Å². The third kappa shape index (κ3) is 4.73. The average molecular weight is 241 g/mol. The number of nitrogens with one attached hydrogen (secondary N) is 2. The Balaban J connectivity index is 2.50. The Labute approximate surface area is 103 Å². The summed E-state index contributed by atoms with van der Waals surface area (Å²) in [5.41, 5.74) is 4.57. The second-order valence-corrected chi connectivity index (χ2v) is 5.57. The molecule has 5 heteroatoms. The quantitative estimate of drug-likeness (QED) is 0.661. The lowest BCUT2D eigenvalue weighted by atomic mass is 9.96. The fourth-order valence-corrected chi connectivity index (χ4v) is 2.25. The molecule has 1 saturated heterocycles. The summed E-state index contributed by atoms with van der Waals surface area (Å²) in [6, 6.07) is 0.227. The van der Waals surface area contributed by atoms with Crippen molar-refractivity contribution in [3.8, 4) is 0 Å². The van der Waals surface area contributed by atoms with E-state index in [1.807, 2.05) is 13.8 Å². The molecule has 98 valence electrons. The minimum absolute atomic E-state index is 0.0391. The highest BCUT2D eigenvalue weighted by Crippen LogP contribution is 2.14. The van der Waals surface area contributed by atoms with E-state index in [0.29, 0.717) is 6.04 Å². The average Bonchev–Trinajstić information content (AvgIpc) is 2.14. The van der Waals surface area contributed by atoms with Gasteiger partial charge in [0.25, 0.3) is 0 Å². The molecule has 0 radical (unpaired) electrons. The van der Waals surface area contributed by atoms with E-state index >= 15 is 0 Å². The first-order valence-electron chi connectivity index (χ1n) is 6.16. The molecule has 4 N–H and O–H groups in total. The molecule has 2 amide bonds. The molecule has 1 aliphatic heterocycles. The first kappa shape index (κ1) is 14.0. The Morgan fingerprint density at radius 3 is 2.59 bits per heavy atom. The molecule has 1 rings (SSSR count). The van der Waals surface area contributed by atoms with Crippen molar-refractivity contribution in [2.24, 2.45) is 5.73 Å². The summed E-state index contributed by atoms with van der Waals surface area (Å²) in [5.74, 6) is -0.442. The number of carbonyl (C=O) groups excluding carboxylic acids is 2. The molecule has 1 fully saturated rings. The molecule has 0 aromatic carbocycles. The molecule has 0 bridgehead atoms. The summed E-state index contributed by atoms with van der Waals surface area (Å²) in [6.07, 6.45) is 3.17. The minimum atomic E-state index is -0.578. The van der Waals surface area contributed by atoms with Gasteiger partial charge in [0.1, 0.15) is 0 Å². The van der Waals surface area contributed by atoms with Gasteiger partial charge in [0.2, 0.25) is 11.8 Å². The zero-order chi connectivity index (χ0) is 13.1. The maximum absolute atomic E-state index is 12.0. The van der Waals surface area contributed by atoms with Gasteiger partial charge in [-0.15, -0.1) is 0 Å². The first-order valence-corrected chi connectivity index (χ1v) is 6.16. The molecule has 0 aromatic heterocycles. The van der Waals surface area contributed by atoms with E-state index < -0.39 is 11.4 Å². The van der Waals surface area contributed by atoms with E-state index in [-0.39, 0.29) is 18.4 Å². The summed E-state index contributed by atoms with van der Waals surface area (Å²) in [6.45, 7) is 5.69. The number of primary amides is 1. The van der Waals surface area contributed by atoms with Crippen LogP contribution in [0.4, 0.5) is 0 Å². The number of rotatable bonds is 4. The van der Waals surface area contributed by atoms with Crippen molar-refractivity contribution >= 4 is 11.8 Å². The van der Waals surface area contributed by atoms with E-state index in [2.05, 4.69) is 17.6 Å². The van der Waals surface area contributed by atoms with Crippen LogP contribution in [0.2, 0.25) is 0 Å². The molecule has 1 heterocycles. The Morgan fingerprint density at radius 1 is 1.41 bits per heavy atom. The Morgan fingerprint density at radius 2 is 2.06 bits per heavy atom. The van der Waals surface area contributed by atoms with Crippen molar-refractivity contribution in [3.63, 3.8) is 0 Å². The van der Waals surface area contributed by atoms with Gasteiger partial charge in [-0.25, -0.2) is 0 Å². The van der Waals surface area contributed by atoms with Crippen molar-refractivity contribution < 1.29 is 9.59 Å². The van der Waals surface area contributed by atoms with Gasteiger partial charge < -0.3 is 16.4 Å². The molecule has 1 aliphatic rings. The minimum Gasteiger partial charge on any atom is -0.370 e. The summed E-state index contributed by atoms with van der Waals surface area (Å²) >= 11 is 0. The summed E-state index contributed by atoms with van der Waals surface area (Å²) in [7, 11) is 0. The number of hydrogen-bond donors (Lipinski definition) is 3. The van der Waals surface area contributed by atoms with Crippen LogP contribution in [0.15, 0.2) is 0 Å². The number of hydrogen-bond acceptors (Lipinski definition) is 3. The number of carbonyl (C=O) groups is 2. The van der Waals surface area contributed by atoms with Crippen LogP contribution in [-0.4, -0.2) is 29.4 Å². The molecule has 5 nitrogen and oxygen atoms in total. The molecular weight excluding hydrogens is 218 g/mol. The van der Waals surface area contributed by atoms with Gasteiger partial charge in [0.05, 0.1) is 6.04 Å². The third-order valence-corrected chi connectivity index (χ3v) is 3.01. The van der Waals surface area contributed by atoms with Crippen molar-refractivity contribution in [1.29, 1.82) is 0 Å². The van der Waals surface area contributed by atoms with Crippen LogP contribution >= 0.6 is 0 Å². The van der Waals surface area contributed by atoms with Crippen LogP contribution in [0.1, 0.15) is 46.5 Å². The molecule has 2 unspecified atom stereocenters. The van der Waals surface area contributed by atoms with Crippen LogP contribution in [0.5, 0.6) is 0 Å². The Hall–Kier alpha value is -1.10. The molecule has 0 spiro atoms. The molecule has 0 aromatic rings. The summed E-state index contributed by atoms with van der Waals surface area (Å²) in [5, 5.41) is 6.14. The normalized spacial score (nSPS) is 25.4. The van der Waals surface area contributed by atoms with Crippen LogP contribution in [0.25, 0.3) is 0 Å². The fourth-order valence-electron chi connectivity index (χ4n) is 2.25. The Bertz CT molecular complexity index is 302. The van der Waals surface area contributed by atoms with E-state index in [9.17, 15) is 9.59 Å².